The third kappa shape index (κ3) is 3.26. The van der Waals surface area contributed by atoms with Gasteiger partial charge in [0, 0.05) is 17.6 Å². The second-order valence-electron chi connectivity index (χ2n) is 7.67. The van der Waals surface area contributed by atoms with E-state index in [4.69, 9.17) is 0 Å². The molecule has 1 atom stereocenters. The van der Waals surface area contributed by atoms with Crippen LogP contribution in [0, 0.1) is 6.92 Å². The third-order valence-corrected chi connectivity index (χ3v) is 5.64. The Kier molecular flexibility index (Phi) is 4.60. The lowest BCUT2D eigenvalue weighted by Crippen LogP contribution is -2.37. The first-order chi connectivity index (χ1) is 14.7. The van der Waals surface area contributed by atoms with Crippen LogP contribution in [0.5, 0.6) is 0 Å². The molecule has 5 rings (SSSR count). The number of carbonyl (C=O) groups excluding carboxylic acids is 1. The molecule has 0 saturated heterocycles. The molecule has 0 fully saturated rings. The predicted molar refractivity (Wildman–Crippen MR) is 120 cm³/mol. The number of nitrogens with zero attached hydrogens (tertiary/aromatic N) is 2. The normalized spacial score (nSPS) is 15.1. The summed E-state index contributed by atoms with van der Waals surface area (Å²) in [6.45, 7) is 2.60. The van der Waals surface area contributed by atoms with Gasteiger partial charge in [0.1, 0.15) is 0 Å². The van der Waals surface area contributed by atoms with Gasteiger partial charge in [-0.15, -0.1) is 0 Å². The van der Waals surface area contributed by atoms with Crippen molar-refractivity contribution in [3.8, 4) is 5.69 Å². The first-order valence-electron chi connectivity index (χ1n) is 10.2. The van der Waals surface area contributed by atoms with Gasteiger partial charge in [0.05, 0.1) is 18.3 Å². The van der Waals surface area contributed by atoms with E-state index in [1.54, 1.807) is 0 Å². The molecule has 0 unspecified atom stereocenters. The third-order valence-electron chi connectivity index (χ3n) is 5.64. The second-order valence-corrected chi connectivity index (χ2v) is 7.67. The monoisotopic (exact) mass is 393 g/mol. The molecule has 148 valence electrons. The molecule has 3 aromatic carbocycles. The Labute approximate surface area is 176 Å². The number of aromatic nitrogens is 1. The average molecular weight is 393 g/mol. The number of carbonyl (C=O) groups is 1. The smallest absolute Gasteiger partial charge is 0.318 e. The molecule has 0 saturated carbocycles. The maximum absolute atomic E-state index is 13.5. The number of hydrogen-bond donors (Lipinski definition) is 1. The average Bonchev–Trinajstić information content (AvgIpc) is 3.20. The van der Waals surface area contributed by atoms with Crippen molar-refractivity contribution in [2.45, 2.75) is 19.5 Å². The van der Waals surface area contributed by atoms with Gasteiger partial charge in [-0.25, -0.2) is 4.79 Å². The first kappa shape index (κ1) is 18.3. The van der Waals surface area contributed by atoms with E-state index < -0.39 is 0 Å². The van der Waals surface area contributed by atoms with Crippen molar-refractivity contribution in [3.05, 3.63) is 120 Å². The van der Waals surface area contributed by atoms with Crippen LogP contribution in [-0.2, 0) is 6.54 Å². The Morgan fingerprint density at radius 1 is 0.867 bits per heavy atom. The molecule has 1 aromatic heterocycles. The lowest BCUT2D eigenvalue weighted by Gasteiger charge is -2.31. The largest absolute Gasteiger partial charge is 0.322 e. The van der Waals surface area contributed by atoms with Crippen molar-refractivity contribution in [1.82, 2.24) is 9.47 Å². The molecule has 0 aliphatic carbocycles. The van der Waals surface area contributed by atoms with Crippen LogP contribution in [0.25, 0.3) is 5.69 Å². The maximum Gasteiger partial charge on any atom is 0.322 e. The minimum atomic E-state index is -0.197. The number of rotatable bonds is 2. The first-order valence-corrected chi connectivity index (χ1v) is 10.2. The minimum absolute atomic E-state index is 0.115. The molecular formula is C26H23N3O. The maximum atomic E-state index is 13.5. The highest BCUT2D eigenvalue weighted by Crippen LogP contribution is 2.37. The van der Waals surface area contributed by atoms with Crippen molar-refractivity contribution in [3.63, 3.8) is 0 Å². The fraction of sp³-hybridized carbons (Fsp3) is 0.115. The van der Waals surface area contributed by atoms with E-state index in [9.17, 15) is 4.79 Å². The summed E-state index contributed by atoms with van der Waals surface area (Å²) in [6.07, 6.45) is 2.08. The van der Waals surface area contributed by atoms with Crippen LogP contribution >= 0.6 is 0 Å². The molecule has 1 aliphatic heterocycles. The van der Waals surface area contributed by atoms with Crippen molar-refractivity contribution < 1.29 is 4.79 Å². The van der Waals surface area contributed by atoms with E-state index in [2.05, 4.69) is 65.5 Å². The quantitative estimate of drug-likeness (QED) is 0.451. The van der Waals surface area contributed by atoms with Gasteiger partial charge in [0.25, 0.3) is 0 Å². The molecule has 4 aromatic rings. The van der Waals surface area contributed by atoms with E-state index in [1.165, 1.54) is 5.56 Å². The molecule has 1 N–H and O–H groups in total. The van der Waals surface area contributed by atoms with Crippen LogP contribution in [0.4, 0.5) is 10.5 Å². The predicted octanol–water partition coefficient (Wildman–Crippen LogP) is 5.92. The molecule has 2 heterocycles. The zero-order chi connectivity index (χ0) is 20.5. The highest BCUT2D eigenvalue weighted by atomic mass is 16.2. The molecule has 0 bridgehead atoms. The Bertz CT molecular complexity index is 1180. The van der Waals surface area contributed by atoms with Crippen LogP contribution in [0.3, 0.4) is 0 Å². The highest BCUT2D eigenvalue weighted by Gasteiger charge is 2.32. The summed E-state index contributed by atoms with van der Waals surface area (Å²) < 4.78 is 2.20. The van der Waals surface area contributed by atoms with Gasteiger partial charge < -0.3 is 14.8 Å². The minimum Gasteiger partial charge on any atom is -0.318 e. The number of nitrogens with one attached hydrogen (secondary N) is 1. The zero-order valence-corrected chi connectivity index (χ0v) is 16.8. The number of para-hydroxylation sites is 2. The summed E-state index contributed by atoms with van der Waals surface area (Å²) in [5.74, 6) is 0. The van der Waals surface area contributed by atoms with Gasteiger partial charge in [-0.1, -0.05) is 66.2 Å². The summed E-state index contributed by atoms with van der Waals surface area (Å²) in [5.41, 5.74) is 6.39. The van der Waals surface area contributed by atoms with Crippen LogP contribution in [0.1, 0.15) is 28.4 Å². The van der Waals surface area contributed by atoms with Crippen molar-refractivity contribution >= 4 is 11.7 Å². The fourth-order valence-electron chi connectivity index (χ4n) is 4.16. The molecule has 2 amide bonds. The molecule has 0 spiro atoms. The summed E-state index contributed by atoms with van der Waals surface area (Å²) in [4.78, 5) is 15.4. The molecule has 1 aliphatic rings. The molecule has 4 heteroatoms. The van der Waals surface area contributed by atoms with Crippen molar-refractivity contribution in [2.24, 2.45) is 0 Å². The molecule has 0 radical (unpaired) electrons. The summed E-state index contributed by atoms with van der Waals surface area (Å²) in [7, 11) is 0. The van der Waals surface area contributed by atoms with Gasteiger partial charge in [-0.3, -0.25) is 0 Å². The van der Waals surface area contributed by atoms with E-state index in [0.29, 0.717) is 6.54 Å². The standard InChI is InChI=1S/C26H23N3O/c1-19-13-15-20(16-14-19)25-24-12-7-17-28(24)23-11-6-5-8-21(23)18-29(25)26(30)27-22-9-3-2-4-10-22/h2-17,25H,18H2,1H3,(H,27,30)/t25-/m1/s1. The van der Waals surface area contributed by atoms with E-state index in [-0.39, 0.29) is 12.1 Å². The number of urea groups is 1. The van der Waals surface area contributed by atoms with Crippen LogP contribution in [0.15, 0.2) is 97.2 Å². The van der Waals surface area contributed by atoms with E-state index >= 15 is 0 Å². The topological polar surface area (TPSA) is 37.3 Å². The van der Waals surface area contributed by atoms with Gasteiger partial charge in [-0.05, 0) is 48.4 Å². The fourth-order valence-corrected chi connectivity index (χ4v) is 4.16. The van der Waals surface area contributed by atoms with Gasteiger partial charge in [0.2, 0.25) is 0 Å². The van der Waals surface area contributed by atoms with Gasteiger partial charge in [-0.2, -0.15) is 0 Å². The van der Waals surface area contributed by atoms with Crippen molar-refractivity contribution in [1.29, 1.82) is 0 Å². The summed E-state index contributed by atoms with van der Waals surface area (Å²) in [5, 5.41) is 3.08. The van der Waals surface area contributed by atoms with E-state index in [1.807, 2.05) is 53.4 Å². The molecule has 30 heavy (non-hydrogen) atoms. The highest BCUT2D eigenvalue weighted by molar-refractivity contribution is 5.90. The number of fused-ring (bicyclic) bond motifs is 3. The van der Waals surface area contributed by atoms with Gasteiger partial charge >= 0.3 is 6.03 Å². The Hall–Kier alpha value is -3.79. The second kappa shape index (κ2) is 7.56. The SMILES string of the molecule is Cc1ccc([C@@H]2c3cccn3-c3ccccc3CN2C(=O)Nc2ccccc2)cc1. The van der Waals surface area contributed by atoms with Gasteiger partial charge in [0.15, 0.2) is 0 Å². The van der Waals surface area contributed by atoms with E-state index in [0.717, 1.165) is 28.2 Å². The Balaban J connectivity index is 1.64. The summed E-state index contributed by atoms with van der Waals surface area (Å²) >= 11 is 0. The number of amides is 2. The van der Waals surface area contributed by atoms with Crippen LogP contribution in [-0.4, -0.2) is 15.5 Å². The number of aryl methyl sites for hydroxylation is 1. The molecule has 4 nitrogen and oxygen atoms in total. The Morgan fingerprint density at radius 3 is 2.40 bits per heavy atom. The number of anilines is 1. The number of hydrogen-bond acceptors (Lipinski definition) is 1. The molecular weight excluding hydrogens is 370 g/mol. The summed E-state index contributed by atoms with van der Waals surface area (Å²) in [6, 6.07) is 30.2. The van der Waals surface area contributed by atoms with Crippen LogP contribution < -0.4 is 5.32 Å². The van der Waals surface area contributed by atoms with Crippen molar-refractivity contribution in [2.75, 3.05) is 5.32 Å². The Morgan fingerprint density at radius 2 is 1.60 bits per heavy atom. The van der Waals surface area contributed by atoms with Crippen LogP contribution in [0.2, 0.25) is 0 Å². The zero-order valence-electron chi connectivity index (χ0n) is 16.8. The lowest BCUT2D eigenvalue weighted by atomic mass is 10.0. The number of benzene rings is 3. The lowest BCUT2D eigenvalue weighted by molar-refractivity contribution is 0.194.